The molecule has 0 bridgehead atoms. The third kappa shape index (κ3) is 4.11. The van der Waals surface area contributed by atoms with E-state index in [1.54, 1.807) is 18.6 Å². The highest BCUT2D eigenvalue weighted by atomic mass is 32.1. The van der Waals surface area contributed by atoms with E-state index in [-0.39, 0.29) is 0 Å². The minimum atomic E-state index is 0.395. The van der Waals surface area contributed by atoms with E-state index in [1.807, 2.05) is 37.3 Å². The molecule has 0 spiro atoms. The summed E-state index contributed by atoms with van der Waals surface area (Å²) in [7, 11) is 0. The van der Waals surface area contributed by atoms with E-state index in [0.29, 0.717) is 10.9 Å². The number of nitrogens with zero attached hydrogens (tertiary/aromatic N) is 3. The lowest BCUT2D eigenvalue weighted by Crippen LogP contribution is -2.25. The molecule has 96 valence electrons. The van der Waals surface area contributed by atoms with Gasteiger partial charge in [-0.15, -0.1) is 0 Å². The zero-order valence-corrected chi connectivity index (χ0v) is 11.2. The SMILES string of the molecule is C/C(=N\NC(=S)Nc1ccccn1)c1ccncc1. The summed E-state index contributed by atoms with van der Waals surface area (Å²) in [5, 5.41) is 7.53. The van der Waals surface area contributed by atoms with Crippen molar-refractivity contribution in [3.8, 4) is 0 Å². The Labute approximate surface area is 116 Å². The van der Waals surface area contributed by atoms with Crippen molar-refractivity contribution in [1.29, 1.82) is 0 Å². The molecule has 0 saturated carbocycles. The van der Waals surface area contributed by atoms with Crippen molar-refractivity contribution in [1.82, 2.24) is 15.4 Å². The molecule has 0 fully saturated rings. The summed E-state index contributed by atoms with van der Waals surface area (Å²) < 4.78 is 0. The second-order valence-corrected chi connectivity index (χ2v) is 4.12. The molecule has 0 radical (unpaired) electrons. The third-order valence-electron chi connectivity index (χ3n) is 2.33. The van der Waals surface area contributed by atoms with Crippen LogP contribution in [-0.2, 0) is 0 Å². The first-order chi connectivity index (χ1) is 9.25. The predicted octanol–water partition coefficient (Wildman–Crippen LogP) is 2.19. The van der Waals surface area contributed by atoms with Crippen LogP contribution in [0.5, 0.6) is 0 Å². The van der Waals surface area contributed by atoms with Crippen molar-refractivity contribution >= 4 is 28.9 Å². The number of pyridine rings is 2. The molecule has 0 aliphatic carbocycles. The monoisotopic (exact) mass is 271 g/mol. The van der Waals surface area contributed by atoms with E-state index in [9.17, 15) is 0 Å². The third-order valence-corrected chi connectivity index (χ3v) is 2.52. The van der Waals surface area contributed by atoms with Crippen LogP contribution in [0.3, 0.4) is 0 Å². The van der Waals surface area contributed by atoms with E-state index < -0.39 is 0 Å². The van der Waals surface area contributed by atoms with Crippen LogP contribution >= 0.6 is 12.2 Å². The topological polar surface area (TPSA) is 62.2 Å². The quantitative estimate of drug-likeness (QED) is 0.509. The van der Waals surface area contributed by atoms with Gasteiger partial charge in [-0.1, -0.05) is 6.07 Å². The highest BCUT2D eigenvalue weighted by molar-refractivity contribution is 7.80. The van der Waals surface area contributed by atoms with E-state index >= 15 is 0 Å². The fourth-order valence-electron chi connectivity index (χ4n) is 1.37. The first-order valence-corrected chi connectivity index (χ1v) is 6.09. The average Bonchev–Trinajstić information content (AvgIpc) is 2.47. The maximum absolute atomic E-state index is 5.12. The summed E-state index contributed by atoms with van der Waals surface area (Å²) in [5.74, 6) is 0.678. The molecule has 2 aromatic rings. The Morgan fingerprint density at radius 2 is 1.95 bits per heavy atom. The van der Waals surface area contributed by atoms with Crippen LogP contribution < -0.4 is 10.7 Å². The van der Waals surface area contributed by atoms with Gasteiger partial charge in [-0.3, -0.25) is 10.4 Å². The van der Waals surface area contributed by atoms with Gasteiger partial charge in [-0.05, 0) is 43.4 Å². The zero-order valence-electron chi connectivity index (χ0n) is 10.4. The lowest BCUT2D eigenvalue weighted by molar-refractivity contribution is 1.03. The van der Waals surface area contributed by atoms with E-state index in [1.165, 1.54) is 0 Å². The molecular weight excluding hydrogens is 258 g/mol. The van der Waals surface area contributed by atoms with Crippen molar-refractivity contribution in [3.05, 3.63) is 54.5 Å². The molecule has 0 amide bonds. The molecule has 6 heteroatoms. The van der Waals surface area contributed by atoms with Gasteiger partial charge in [0, 0.05) is 24.2 Å². The molecule has 5 nitrogen and oxygen atoms in total. The van der Waals surface area contributed by atoms with Crippen LogP contribution in [0.1, 0.15) is 12.5 Å². The van der Waals surface area contributed by atoms with Crippen LogP contribution in [0, 0.1) is 0 Å². The Kier molecular flexibility index (Phi) is 4.52. The summed E-state index contributed by atoms with van der Waals surface area (Å²) in [6.45, 7) is 1.89. The number of aromatic nitrogens is 2. The van der Waals surface area contributed by atoms with Crippen molar-refractivity contribution in [2.75, 3.05) is 5.32 Å². The summed E-state index contributed by atoms with van der Waals surface area (Å²) in [6, 6.07) is 9.32. The van der Waals surface area contributed by atoms with Crippen molar-refractivity contribution in [3.63, 3.8) is 0 Å². The van der Waals surface area contributed by atoms with Gasteiger partial charge < -0.3 is 5.32 Å². The lowest BCUT2D eigenvalue weighted by atomic mass is 10.2. The maximum atomic E-state index is 5.12. The normalized spacial score (nSPS) is 10.9. The smallest absolute Gasteiger partial charge is 0.192 e. The summed E-state index contributed by atoms with van der Waals surface area (Å²) >= 11 is 5.12. The molecule has 0 aliphatic heterocycles. The molecule has 0 aromatic carbocycles. The standard InChI is InChI=1S/C13H13N5S/c1-10(11-5-8-14-9-6-11)17-18-13(19)16-12-4-2-3-7-15-12/h2-9H,1H3,(H2,15,16,18,19)/b17-10+. The van der Waals surface area contributed by atoms with Gasteiger partial charge in [0.15, 0.2) is 5.11 Å². The number of hydrazone groups is 1. The number of hydrogen-bond acceptors (Lipinski definition) is 4. The van der Waals surface area contributed by atoms with Crippen LogP contribution in [0.2, 0.25) is 0 Å². The van der Waals surface area contributed by atoms with Crippen LogP contribution in [0.25, 0.3) is 0 Å². The lowest BCUT2D eigenvalue weighted by Gasteiger charge is -2.06. The minimum Gasteiger partial charge on any atom is -0.316 e. The minimum absolute atomic E-state index is 0.395. The first kappa shape index (κ1) is 13.1. The molecular formula is C13H13N5S. The Morgan fingerprint density at radius 1 is 1.16 bits per heavy atom. The number of thiocarbonyl (C=S) groups is 1. The number of nitrogens with one attached hydrogen (secondary N) is 2. The Balaban J connectivity index is 1.93. The fourth-order valence-corrected chi connectivity index (χ4v) is 1.52. The molecule has 19 heavy (non-hydrogen) atoms. The summed E-state index contributed by atoms with van der Waals surface area (Å²) in [5.41, 5.74) is 4.59. The highest BCUT2D eigenvalue weighted by Gasteiger charge is 1.98. The van der Waals surface area contributed by atoms with Crippen LogP contribution in [0.4, 0.5) is 5.82 Å². The second-order valence-electron chi connectivity index (χ2n) is 3.71. The van der Waals surface area contributed by atoms with Crippen molar-refractivity contribution < 1.29 is 0 Å². The van der Waals surface area contributed by atoms with Gasteiger partial charge in [0.05, 0.1) is 5.71 Å². The number of anilines is 1. The molecule has 2 heterocycles. The molecule has 0 aliphatic rings. The van der Waals surface area contributed by atoms with Crippen LogP contribution in [0.15, 0.2) is 54.0 Å². The van der Waals surface area contributed by atoms with Gasteiger partial charge in [0.2, 0.25) is 0 Å². The summed E-state index contributed by atoms with van der Waals surface area (Å²) in [4.78, 5) is 8.07. The molecule has 2 aromatic heterocycles. The van der Waals surface area contributed by atoms with E-state index in [0.717, 1.165) is 11.3 Å². The fraction of sp³-hybridized carbons (Fsp3) is 0.0769. The molecule has 2 rings (SSSR count). The molecule has 0 atom stereocenters. The summed E-state index contributed by atoms with van der Waals surface area (Å²) in [6.07, 6.45) is 5.13. The Hall–Kier alpha value is -2.34. The molecule has 2 N–H and O–H groups in total. The Bertz CT molecular complexity index is 568. The van der Waals surface area contributed by atoms with Crippen molar-refractivity contribution in [2.24, 2.45) is 5.10 Å². The molecule has 0 saturated heterocycles. The maximum Gasteiger partial charge on any atom is 0.192 e. The average molecular weight is 271 g/mol. The van der Waals surface area contributed by atoms with Crippen LogP contribution in [-0.4, -0.2) is 20.8 Å². The largest absolute Gasteiger partial charge is 0.316 e. The van der Waals surface area contributed by atoms with Crippen molar-refractivity contribution in [2.45, 2.75) is 6.92 Å². The first-order valence-electron chi connectivity index (χ1n) is 5.68. The van der Waals surface area contributed by atoms with Gasteiger partial charge in [-0.2, -0.15) is 5.10 Å². The number of hydrogen-bond donors (Lipinski definition) is 2. The van der Waals surface area contributed by atoms with Gasteiger partial charge in [-0.25, -0.2) is 4.98 Å². The number of rotatable bonds is 3. The van der Waals surface area contributed by atoms with Gasteiger partial charge in [0.1, 0.15) is 5.82 Å². The Morgan fingerprint density at radius 3 is 2.63 bits per heavy atom. The van der Waals surface area contributed by atoms with Gasteiger partial charge >= 0.3 is 0 Å². The zero-order chi connectivity index (χ0) is 13.5. The van der Waals surface area contributed by atoms with E-state index in [2.05, 4.69) is 25.8 Å². The highest BCUT2D eigenvalue weighted by Crippen LogP contribution is 2.00. The molecule has 0 unspecified atom stereocenters. The van der Waals surface area contributed by atoms with E-state index in [4.69, 9.17) is 12.2 Å². The second kappa shape index (κ2) is 6.55. The van der Waals surface area contributed by atoms with Gasteiger partial charge in [0.25, 0.3) is 0 Å². The predicted molar refractivity (Wildman–Crippen MR) is 80.0 cm³/mol.